The Kier molecular flexibility index (Phi) is 7.11. The van der Waals surface area contributed by atoms with Crippen molar-refractivity contribution in [2.75, 3.05) is 49.5 Å². The lowest BCUT2D eigenvalue weighted by atomic mass is 10.1. The molecule has 2 aromatic carbocycles. The Bertz CT molecular complexity index is 894. The first kappa shape index (κ1) is 21.8. The van der Waals surface area contributed by atoms with E-state index in [0.717, 1.165) is 43.0 Å². The number of hydrogen-bond acceptors (Lipinski definition) is 4. The summed E-state index contributed by atoms with van der Waals surface area (Å²) in [5.41, 5.74) is 6.58. The van der Waals surface area contributed by atoms with Gasteiger partial charge in [0.1, 0.15) is 0 Å². The number of anilines is 2. The molecule has 0 spiro atoms. The number of nitrogens with zero attached hydrogens (tertiary/aromatic N) is 2. The van der Waals surface area contributed by atoms with Crippen LogP contribution in [0.2, 0.25) is 0 Å². The van der Waals surface area contributed by atoms with Crippen molar-refractivity contribution in [1.29, 1.82) is 0 Å². The molecule has 0 atom stereocenters. The summed E-state index contributed by atoms with van der Waals surface area (Å²) in [6, 6.07) is 12.5. The van der Waals surface area contributed by atoms with Crippen LogP contribution in [0.15, 0.2) is 36.4 Å². The summed E-state index contributed by atoms with van der Waals surface area (Å²) in [5, 5.41) is 5.67. The lowest BCUT2D eigenvalue weighted by Gasteiger charge is -2.36. The van der Waals surface area contributed by atoms with E-state index in [1.165, 1.54) is 16.8 Å². The second-order valence-corrected chi connectivity index (χ2v) is 8.15. The standard InChI is InChI=1S/C24H32N4O2/c1-17-13-19(3)24(20(4)14-17)26-22(29)15-25-23(30)16-27-9-11-28(12-10-27)21-8-6-5-7-18(21)2/h5-8,13-14H,9-12,15-16H2,1-4H3,(H,25,30)(H,26,29). The lowest BCUT2D eigenvalue weighted by molar-refractivity contribution is -0.125. The Labute approximate surface area is 179 Å². The minimum Gasteiger partial charge on any atom is -0.369 e. The van der Waals surface area contributed by atoms with E-state index in [4.69, 9.17) is 0 Å². The molecule has 0 radical (unpaired) electrons. The molecule has 160 valence electrons. The summed E-state index contributed by atoms with van der Waals surface area (Å²) in [6.07, 6.45) is 0. The van der Waals surface area contributed by atoms with E-state index < -0.39 is 0 Å². The smallest absolute Gasteiger partial charge is 0.243 e. The van der Waals surface area contributed by atoms with Gasteiger partial charge in [0.05, 0.1) is 13.1 Å². The van der Waals surface area contributed by atoms with Crippen molar-refractivity contribution in [3.05, 3.63) is 58.7 Å². The lowest BCUT2D eigenvalue weighted by Crippen LogP contribution is -2.50. The van der Waals surface area contributed by atoms with Crippen LogP contribution in [0, 0.1) is 27.7 Å². The molecule has 1 fully saturated rings. The monoisotopic (exact) mass is 408 g/mol. The molecule has 0 aromatic heterocycles. The van der Waals surface area contributed by atoms with Gasteiger partial charge in [0.2, 0.25) is 11.8 Å². The molecule has 1 saturated heterocycles. The second-order valence-electron chi connectivity index (χ2n) is 8.15. The minimum absolute atomic E-state index is 0.0191. The highest BCUT2D eigenvalue weighted by Gasteiger charge is 2.20. The molecule has 2 amide bonds. The molecule has 2 N–H and O–H groups in total. The van der Waals surface area contributed by atoms with E-state index in [9.17, 15) is 9.59 Å². The van der Waals surface area contributed by atoms with Crippen LogP contribution in [0.5, 0.6) is 0 Å². The molecule has 1 aliphatic rings. The van der Waals surface area contributed by atoms with Crippen molar-refractivity contribution in [3.63, 3.8) is 0 Å². The Hall–Kier alpha value is -2.86. The number of carbonyl (C=O) groups excluding carboxylic acids is 2. The molecule has 1 heterocycles. The molecule has 30 heavy (non-hydrogen) atoms. The predicted molar refractivity (Wildman–Crippen MR) is 122 cm³/mol. The normalized spacial score (nSPS) is 14.5. The fraction of sp³-hybridized carbons (Fsp3) is 0.417. The van der Waals surface area contributed by atoms with Crippen molar-refractivity contribution in [3.8, 4) is 0 Å². The number of hydrogen-bond donors (Lipinski definition) is 2. The SMILES string of the molecule is Cc1cc(C)c(NC(=O)CNC(=O)CN2CCN(c3ccccc3C)CC2)c(C)c1. The van der Waals surface area contributed by atoms with E-state index in [0.29, 0.717) is 6.54 Å². The van der Waals surface area contributed by atoms with Crippen LogP contribution >= 0.6 is 0 Å². The summed E-state index contributed by atoms with van der Waals surface area (Å²) in [7, 11) is 0. The van der Waals surface area contributed by atoms with E-state index in [1.54, 1.807) is 0 Å². The zero-order chi connectivity index (χ0) is 21.7. The third-order valence-electron chi connectivity index (χ3n) is 5.58. The Balaban J connectivity index is 1.42. The summed E-state index contributed by atoms with van der Waals surface area (Å²) >= 11 is 0. The Morgan fingerprint density at radius 2 is 1.50 bits per heavy atom. The molecule has 3 rings (SSSR count). The maximum atomic E-state index is 12.3. The minimum atomic E-state index is -0.206. The van der Waals surface area contributed by atoms with Gasteiger partial charge in [-0.2, -0.15) is 0 Å². The van der Waals surface area contributed by atoms with Gasteiger partial charge in [-0.1, -0.05) is 35.9 Å². The van der Waals surface area contributed by atoms with Crippen LogP contribution in [0.25, 0.3) is 0 Å². The molecular weight excluding hydrogens is 376 g/mol. The average molecular weight is 409 g/mol. The molecule has 0 aliphatic carbocycles. The first-order valence-corrected chi connectivity index (χ1v) is 10.5. The van der Waals surface area contributed by atoms with Gasteiger partial charge in [0.15, 0.2) is 0 Å². The average Bonchev–Trinajstić information content (AvgIpc) is 2.70. The summed E-state index contributed by atoms with van der Waals surface area (Å²) in [6.45, 7) is 11.9. The zero-order valence-corrected chi connectivity index (χ0v) is 18.4. The van der Waals surface area contributed by atoms with Crippen LogP contribution in [0.1, 0.15) is 22.3 Å². The Morgan fingerprint density at radius 3 is 2.13 bits per heavy atom. The Morgan fingerprint density at radius 1 is 0.867 bits per heavy atom. The van der Waals surface area contributed by atoms with E-state index in [1.807, 2.05) is 32.9 Å². The van der Waals surface area contributed by atoms with Gasteiger partial charge in [-0.3, -0.25) is 14.5 Å². The maximum Gasteiger partial charge on any atom is 0.243 e. The molecule has 0 bridgehead atoms. The van der Waals surface area contributed by atoms with Crippen LogP contribution < -0.4 is 15.5 Å². The third kappa shape index (κ3) is 5.60. The second kappa shape index (κ2) is 9.76. The van der Waals surface area contributed by atoms with Gasteiger partial charge in [-0.25, -0.2) is 0 Å². The third-order valence-corrected chi connectivity index (χ3v) is 5.58. The number of nitrogens with one attached hydrogen (secondary N) is 2. The predicted octanol–water partition coefficient (Wildman–Crippen LogP) is 2.80. The number of carbonyl (C=O) groups is 2. The molecule has 0 unspecified atom stereocenters. The summed E-state index contributed by atoms with van der Waals surface area (Å²) < 4.78 is 0. The molecule has 6 nitrogen and oxygen atoms in total. The van der Waals surface area contributed by atoms with Gasteiger partial charge in [-0.05, 0) is 50.5 Å². The maximum absolute atomic E-state index is 12.3. The number of piperazine rings is 1. The van der Waals surface area contributed by atoms with Crippen LogP contribution in [0.3, 0.4) is 0 Å². The number of amides is 2. The summed E-state index contributed by atoms with van der Waals surface area (Å²) in [4.78, 5) is 29.1. The van der Waals surface area contributed by atoms with Crippen molar-refractivity contribution >= 4 is 23.2 Å². The fourth-order valence-corrected chi connectivity index (χ4v) is 4.06. The first-order chi connectivity index (χ1) is 14.3. The van der Waals surface area contributed by atoms with Crippen molar-refractivity contribution in [2.45, 2.75) is 27.7 Å². The number of benzene rings is 2. The van der Waals surface area contributed by atoms with Crippen molar-refractivity contribution < 1.29 is 9.59 Å². The highest BCUT2D eigenvalue weighted by atomic mass is 16.2. The molecule has 1 aliphatic heterocycles. The van der Waals surface area contributed by atoms with Gasteiger partial charge in [-0.15, -0.1) is 0 Å². The van der Waals surface area contributed by atoms with Gasteiger partial charge in [0.25, 0.3) is 0 Å². The first-order valence-electron chi connectivity index (χ1n) is 10.5. The van der Waals surface area contributed by atoms with E-state index in [2.05, 4.69) is 51.6 Å². The number of aryl methyl sites for hydroxylation is 4. The van der Waals surface area contributed by atoms with Crippen molar-refractivity contribution in [2.24, 2.45) is 0 Å². The fourth-order valence-electron chi connectivity index (χ4n) is 4.06. The van der Waals surface area contributed by atoms with Gasteiger partial charge >= 0.3 is 0 Å². The van der Waals surface area contributed by atoms with Crippen molar-refractivity contribution in [1.82, 2.24) is 10.2 Å². The number of para-hydroxylation sites is 1. The molecular formula is C24H32N4O2. The van der Waals surface area contributed by atoms with Crippen LogP contribution in [-0.4, -0.2) is 56.0 Å². The van der Waals surface area contributed by atoms with Crippen LogP contribution in [-0.2, 0) is 9.59 Å². The topological polar surface area (TPSA) is 64.7 Å². The van der Waals surface area contributed by atoms with Gasteiger partial charge < -0.3 is 15.5 Å². The highest BCUT2D eigenvalue weighted by molar-refractivity contribution is 5.96. The van der Waals surface area contributed by atoms with Gasteiger partial charge in [0, 0.05) is 37.6 Å². The largest absolute Gasteiger partial charge is 0.369 e. The van der Waals surface area contributed by atoms with E-state index >= 15 is 0 Å². The van der Waals surface area contributed by atoms with E-state index in [-0.39, 0.29) is 18.4 Å². The quantitative estimate of drug-likeness (QED) is 0.772. The molecule has 6 heteroatoms. The summed E-state index contributed by atoms with van der Waals surface area (Å²) in [5.74, 6) is -0.324. The molecule has 2 aromatic rings. The highest BCUT2D eigenvalue weighted by Crippen LogP contribution is 2.22. The van der Waals surface area contributed by atoms with Crippen LogP contribution in [0.4, 0.5) is 11.4 Å². The number of rotatable bonds is 6. The molecule has 0 saturated carbocycles. The zero-order valence-electron chi connectivity index (χ0n) is 18.4.